The van der Waals surface area contributed by atoms with Crippen LogP contribution < -0.4 is 4.90 Å². The van der Waals surface area contributed by atoms with E-state index in [1.54, 1.807) is 6.07 Å². The van der Waals surface area contributed by atoms with Crippen LogP contribution in [0, 0.1) is 19.7 Å². The molecule has 0 radical (unpaired) electrons. The minimum atomic E-state index is -0.116. The molecule has 1 saturated heterocycles. The molecule has 0 spiro atoms. The van der Waals surface area contributed by atoms with Crippen LogP contribution in [0.3, 0.4) is 0 Å². The van der Waals surface area contributed by atoms with Gasteiger partial charge in [-0.3, -0.25) is 9.74 Å². The van der Waals surface area contributed by atoms with Crippen LogP contribution in [0.2, 0.25) is 0 Å². The van der Waals surface area contributed by atoms with Gasteiger partial charge in [-0.05, 0) is 82.5 Å². The molecule has 2 bridgehead atoms. The molecule has 0 aliphatic carbocycles. The molecule has 3 aromatic carbocycles. The molecule has 0 saturated carbocycles. The third-order valence-corrected chi connectivity index (χ3v) is 8.36. The molecule has 1 atom stereocenters. The molecule has 0 N–H and O–H groups in total. The molecule has 1 fully saturated rings. The third-order valence-electron chi connectivity index (χ3n) is 8.36. The number of piperazine rings is 1. The Morgan fingerprint density at radius 2 is 1.70 bits per heavy atom. The number of rotatable bonds is 8. The van der Waals surface area contributed by atoms with Gasteiger partial charge in [-0.1, -0.05) is 55.5 Å². The van der Waals surface area contributed by atoms with Gasteiger partial charge < -0.3 is 4.90 Å². The minimum Gasteiger partial charge on any atom is -0.367 e. The Morgan fingerprint density at radius 1 is 0.950 bits per heavy atom. The van der Waals surface area contributed by atoms with E-state index in [2.05, 4.69) is 85.3 Å². The number of allylic oxidation sites excluding steroid dienone is 2. The van der Waals surface area contributed by atoms with Crippen molar-refractivity contribution >= 4 is 17.5 Å². The maximum Gasteiger partial charge on any atom is 0.216 e. The van der Waals surface area contributed by atoms with Gasteiger partial charge in [0, 0.05) is 52.1 Å². The SMILES string of the molecule is CCCC(C)/[N+]1=C/C=C(/Cc2ccc(CN3CCN(c4ccc(C)cc4F)CC3)cc2)c2cccc(c2C)CO1. The average molecular weight is 541 g/mol. The summed E-state index contributed by atoms with van der Waals surface area (Å²) < 4.78 is 16.5. The fourth-order valence-corrected chi connectivity index (χ4v) is 5.86. The van der Waals surface area contributed by atoms with Crippen LogP contribution in [0.15, 0.2) is 66.7 Å². The van der Waals surface area contributed by atoms with Gasteiger partial charge in [0.2, 0.25) is 6.21 Å². The van der Waals surface area contributed by atoms with Crippen LogP contribution in [0.4, 0.5) is 10.1 Å². The Balaban J connectivity index is 1.25. The number of anilines is 1. The van der Waals surface area contributed by atoms with E-state index < -0.39 is 0 Å². The number of fused-ring (bicyclic) bond motifs is 2. The number of hydroxylamine groups is 1. The highest BCUT2D eigenvalue weighted by Crippen LogP contribution is 2.27. The topological polar surface area (TPSA) is 18.7 Å². The van der Waals surface area contributed by atoms with E-state index in [4.69, 9.17) is 4.84 Å². The van der Waals surface area contributed by atoms with Gasteiger partial charge in [0.15, 0.2) is 12.6 Å². The second kappa shape index (κ2) is 12.8. The quantitative estimate of drug-likeness (QED) is 0.284. The molecule has 5 rings (SSSR count). The van der Waals surface area contributed by atoms with E-state index in [0.29, 0.717) is 12.6 Å². The lowest BCUT2D eigenvalue weighted by atomic mass is 9.92. The summed E-state index contributed by atoms with van der Waals surface area (Å²) in [6.07, 6.45) is 7.47. The zero-order chi connectivity index (χ0) is 28.1. The Hall–Kier alpha value is -3.44. The van der Waals surface area contributed by atoms with Crippen molar-refractivity contribution in [3.8, 4) is 0 Å². The second-order valence-electron chi connectivity index (χ2n) is 11.4. The van der Waals surface area contributed by atoms with Crippen LogP contribution in [-0.2, 0) is 24.4 Å². The fraction of sp³-hybridized carbons (Fsp3) is 0.400. The van der Waals surface area contributed by atoms with Crippen molar-refractivity contribution in [3.63, 3.8) is 0 Å². The summed E-state index contributed by atoms with van der Waals surface area (Å²) in [7, 11) is 0. The Kier molecular flexibility index (Phi) is 9.01. The lowest BCUT2D eigenvalue weighted by Crippen LogP contribution is -2.46. The minimum absolute atomic E-state index is 0.116. The lowest BCUT2D eigenvalue weighted by Gasteiger charge is -2.36. The number of hydrogen-bond donors (Lipinski definition) is 0. The first kappa shape index (κ1) is 28.1. The summed E-state index contributed by atoms with van der Waals surface area (Å²) in [5.74, 6) is -0.116. The van der Waals surface area contributed by atoms with Crippen molar-refractivity contribution in [1.29, 1.82) is 0 Å². The van der Waals surface area contributed by atoms with Gasteiger partial charge >= 0.3 is 0 Å². The van der Waals surface area contributed by atoms with E-state index in [1.807, 2.05) is 23.8 Å². The molecule has 1 unspecified atom stereocenters. The molecule has 5 heteroatoms. The molecule has 4 nitrogen and oxygen atoms in total. The largest absolute Gasteiger partial charge is 0.367 e. The van der Waals surface area contributed by atoms with Crippen LogP contribution in [-0.4, -0.2) is 48.1 Å². The third kappa shape index (κ3) is 6.64. The highest BCUT2D eigenvalue weighted by molar-refractivity contribution is 5.84. The van der Waals surface area contributed by atoms with Gasteiger partial charge in [0.1, 0.15) is 5.82 Å². The van der Waals surface area contributed by atoms with Crippen molar-refractivity contribution in [2.45, 2.75) is 66.2 Å². The van der Waals surface area contributed by atoms with Crippen LogP contribution >= 0.6 is 0 Å². The summed E-state index contributed by atoms with van der Waals surface area (Å²) in [5.41, 5.74) is 9.47. The number of benzene rings is 3. The summed E-state index contributed by atoms with van der Waals surface area (Å²) >= 11 is 0. The number of aryl methyl sites for hydroxylation is 1. The van der Waals surface area contributed by atoms with Crippen LogP contribution in [0.25, 0.3) is 5.57 Å². The van der Waals surface area contributed by atoms with Crippen molar-refractivity contribution in [1.82, 2.24) is 4.90 Å². The van der Waals surface area contributed by atoms with Crippen molar-refractivity contribution in [3.05, 3.63) is 106 Å². The van der Waals surface area contributed by atoms with Crippen molar-refractivity contribution in [2.75, 3.05) is 31.1 Å². The molecular formula is C35H43FN3O+. The average Bonchev–Trinajstić information content (AvgIpc) is 2.97. The zero-order valence-corrected chi connectivity index (χ0v) is 24.5. The van der Waals surface area contributed by atoms with Gasteiger partial charge in [0.05, 0.1) is 5.69 Å². The molecule has 0 amide bonds. The van der Waals surface area contributed by atoms with Crippen molar-refractivity contribution < 1.29 is 14.0 Å². The fourth-order valence-electron chi connectivity index (χ4n) is 5.86. The first-order valence-electron chi connectivity index (χ1n) is 14.8. The van der Waals surface area contributed by atoms with Crippen LogP contribution in [0.5, 0.6) is 0 Å². The normalized spacial score (nSPS) is 19.4. The standard InChI is InChI=1S/C35H43FN3O/c1-5-7-27(3)39-17-16-31(33-9-6-8-32(25-40-39)28(33)4)23-29-11-13-30(14-12-29)24-37-18-20-38(21-19-37)35-15-10-26(2)22-34(35)36/h6,8-17,22,27H,5,7,18-21,23-25H2,1-4H3/q+1/b31-16-,39-17-. The van der Waals surface area contributed by atoms with Gasteiger partial charge in [-0.25, -0.2) is 4.39 Å². The first-order valence-corrected chi connectivity index (χ1v) is 14.8. The van der Waals surface area contributed by atoms with Crippen LogP contribution in [0.1, 0.15) is 60.1 Å². The Morgan fingerprint density at radius 3 is 2.42 bits per heavy atom. The number of halogens is 1. The smallest absolute Gasteiger partial charge is 0.216 e. The second-order valence-corrected chi connectivity index (χ2v) is 11.4. The Labute approximate surface area is 239 Å². The molecule has 2 heterocycles. The van der Waals surface area contributed by atoms with Gasteiger partial charge in [-0.15, -0.1) is 0 Å². The van der Waals surface area contributed by atoms with E-state index >= 15 is 0 Å². The highest BCUT2D eigenvalue weighted by Gasteiger charge is 2.21. The summed E-state index contributed by atoms with van der Waals surface area (Å²) in [5, 5.41) is 0. The summed E-state index contributed by atoms with van der Waals surface area (Å²) in [4.78, 5) is 10.9. The molecule has 2 aliphatic heterocycles. The monoisotopic (exact) mass is 540 g/mol. The molecule has 0 aromatic heterocycles. The van der Waals surface area contributed by atoms with Crippen molar-refractivity contribution in [2.24, 2.45) is 0 Å². The maximum absolute atomic E-state index is 14.4. The van der Waals surface area contributed by atoms with Gasteiger partial charge in [0.25, 0.3) is 0 Å². The molecule has 2 aliphatic rings. The van der Waals surface area contributed by atoms with E-state index in [9.17, 15) is 4.39 Å². The summed E-state index contributed by atoms with van der Waals surface area (Å²) in [6, 6.07) is 21.5. The predicted molar refractivity (Wildman–Crippen MR) is 163 cm³/mol. The van der Waals surface area contributed by atoms with Gasteiger partial charge in [-0.2, -0.15) is 0 Å². The molecule has 210 valence electrons. The predicted octanol–water partition coefficient (Wildman–Crippen LogP) is 7.11. The zero-order valence-electron chi connectivity index (χ0n) is 24.5. The first-order chi connectivity index (χ1) is 19.4. The molecular weight excluding hydrogens is 497 g/mol. The maximum atomic E-state index is 14.4. The number of nitrogens with zero attached hydrogens (tertiary/aromatic N) is 3. The lowest BCUT2D eigenvalue weighted by molar-refractivity contribution is -0.810. The number of hydrogen-bond acceptors (Lipinski definition) is 3. The van der Waals surface area contributed by atoms with E-state index in [1.165, 1.54) is 33.4 Å². The summed E-state index contributed by atoms with van der Waals surface area (Å²) in [6.45, 7) is 13.7. The molecule has 40 heavy (non-hydrogen) atoms. The molecule has 3 aromatic rings. The van der Waals surface area contributed by atoms with E-state index in [-0.39, 0.29) is 5.82 Å². The Bertz CT molecular complexity index is 1370. The highest BCUT2D eigenvalue weighted by atomic mass is 19.1. The van der Waals surface area contributed by atoms with E-state index in [0.717, 1.165) is 63.2 Å².